The second kappa shape index (κ2) is 9.59. The highest BCUT2D eigenvalue weighted by molar-refractivity contribution is 7.20. The zero-order valence-electron chi connectivity index (χ0n) is 17.5. The summed E-state index contributed by atoms with van der Waals surface area (Å²) < 4.78 is 0.956. The van der Waals surface area contributed by atoms with E-state index < -0.39 is 0 Å². The van der Waals surface area contributed by atoms with Crippen molar-refractivity contribution in [3.05, 3.63) is 44.6 Å². The lowest BCUT2D eigenvalue weighted by molar-refractivity contribution is 0.0944. The normalized spacial score (nSPS) is 18.7. The molecule has 0 spiro atoms. The molecule has 4 rings (SSSR count). The second-order valence-electron chi connectivity index (χ2n) is 8.09. The first kappa shape index (κ1) is 22.1. The first-order valence-corrected chi connectivity index (χ1v) is 11.9. The molecular formula is C22H25Cl2N5OS. The number of aromatic nitrogens is 2. The number of anilines is 2. The molecule has 0 atom stereocenters. The molecule has 0 saturated heterocycles. The van der Waals surface area contributed by atoms with Gasteiger partial charge in [-0.3, -0.25) is 4.79 Å². The molecule has 1 aromatic carbocycles. The number of rotatable bonds is 6. The van der Waals surface area contributed by atoms with Crippen molar-refractivity contribution in [2.75, 3.05) is 30.9 Å². The Labute approximate surface area is 196 Å². The lowest BCUT2D eigenvalue weighted by atomic mass is 9.86. The minimum Gasteiger partial charge on any atom is -0.362 e. The van der Waals surface area contributed by atoms with Crippen LogP contribution in [0.3, 0.4) is 0 Å². The van der Waals surface area contributed by atoms with Crippen molar-refractivity contribution in [1.82, 2.24) is 15.3 Å². The fourth-order valence-electron chi connectivity index (χ4n) is 3.99. The minimum absolute atomic E-state index is 0.158. The highest BCUT2D eigenvalue weighted by Crippen LogP contribution is 2.31. The maximum atomic E-state index is 12.3. The van der Waals surface area contributed by atoms with Crippen molar-refractivity contribution in [1.29, 1.82) is 0 Å². The predicted octanol–water partition coefficient (Wildman–Crippen LogP) is 5.46. The molecule has 0 bridgehead atoms. The molecule has 1 fully saturated rings. The van der Waals surface area contributed by atoms with Crippen LogP contribution in [-0.2, 0) is 0 Å². The molecular weight excluding hydrogens is 453 g/mol. The van der Waals surface area contributed by atoms with Gasteiger partial charge in [0.25, 0.3) is 5.91 Å². The molecule has 1 aliphatic carbocycles. The number of thiophene rings is 1. The number of hydrogen-bond donors (Lipinski definition) is 2. The van der Waals surface area contributed by atoms with Gasteiger partial charge in [0, 0.05) is 32.1 Å². The SMILES string of the molecule is CN(C)c1nc(N[C@H]2CC[C@@H](CNC(=O)c3cc(Cl)sc3Cl)CC2)nc2ccccc12. The number of nitrogens with one attached hydrogen (secondary N) is 2. The van der Waals surface area contributed by atoms with Gasteiger partial charge in [0.2, 0.25) is 5.95 Å². The summed E-state index contributed by atoms with van der Waals surface area (Å²) in [6, 6.07) is 10.0. The molecule has 164 valence electrons. The van der Waals surface area contributed by atoms with Crippen LogP contribution in [0.2, 0.25) is 8.67 Å². The van der Waals surface area contributed by atoms with E-state index >= 15 is 0 Å². The predicted molar refractivity (Wildman–Crippen MR) is 130 cm³/mol. The Balaban J connectivity index is 1.32. The molecule has 2 N–H and O–H groups in total. The standard InChI is InChI=1S/C22H25Cl2N5OS/c1-29(2)20-15-5-3-4-6-17(15)27-22(28-20)26-14-9-7-13(8-10-14)12-25-21(30)16-11-18(23)31-19(16)24/h3-6,11,13-14H,7-10,12H2,1-2H3,(H,25,30)(H,26,27,28)/t13-,14+. The zero-order chi connectivity index (χ0) is 22.0. The fourth-order valence-corrected chi connectivity index (χ4v) is 5.44. The van der Waals surface area contributed by atoms with E-state index in [4.69, 9.17) is 33.2 Å². The van der Waals surface area contributed by atoms with Crippen LogP contribution in [0.15, 0.2) is 30.3 Å². The van der Waals surface area contributed by atoms with Crippen LogP contribution in [0.4, 0.5) is 11.8 Å². The molecule has 2 aromatic heterocycles. The largest absolute Gasteiger partial charge is 0.362 e. The molecule has 9 heteroatoms. The van der Waals surface area contributed by atoms with Crippen molar-refractivity contribution in [2.24, 2.45) is 5.92 Å². The van der Waals surface area contributed by atoms with E-state index in [2.05, 4.69) is 10.6 Å². The highest BCUT2D eigenvalue weighted by Gasteiger charge is 2.23. The number of hydrogen-bond acceptors (Lipinski definition) is 6. The van der Waals surface area contributed by atoms with Gasteiger partial charge in [0.1, 0.15) is 10.2 Å². The Morgan fingerprint density at radius 1 is 1.16 bits per heavy atom. The van der Waals surface area contributed by atoms with Crippen LogP contribution in [0.1, 0.15) is 36.0 Å². The molecule has 2 heterocycles. The number of fused-ring (bicyclic) bond motifs is 1. The number of halogens is 2. The Bertz CT molecular complexity index is 1080. The maximum Gasteiger partial charge on any atom is 0.253 e. The Morgan fingerprint density at radius 3 is 2.58 bits per heavy atom. The van der Waals surface area contributed by atoms with Gasteiger partial charge < -0.3 is 15.5 Å². The summed E-state index contributed by atoms with van der Waals surface area (Å²) in [4.78, 5) is 23.8. The van der Waals surface area contributed by atoms with Crippen molar-refractivity contribution < 1.29 is 4.79 Å². The van der Waals surface area contributed by atoms with E-state index in [-0.39, 0.29) is 5.91 Å². The lowest BCUT2D eigenvalue weighted by Crippen LogP contribution is -2.34. The molecule has 31 heavy (non-hydrogen) atoms. The molecule has 6 nitrogen and oxygen atoms in total. The number of carbonyl (C=O) groups excluding carboxylic acids is 1. The number of carbonyl (C=O) groups is 1. The first-order chi connectivity index (χ1) is 14.9. The van der Waals surface area contributed by atoms with Gasteiger partial charge in [0.05, 0.1) is 15.4 Å². The van der Waals surface area contributed by atoms with Gasteiger partial charge in [-0.1, -0.05) is 35.3 Å². The van der Waals surface area contributed by atoms with Gasteiger partial charge in [-0.2, -0.15) is 4.98 Å². The summed E-state index contributed by atoms with van der Waals surface area (Å²) in [5.74, 6) is 1.87. The van der Waals surface area contributed by atoms with Crippen LogP contribution >= 0.6 is 34.5 Å². The molecule has 1 saturated carbocycles. The summed E-state index contributed by atoms with van der Waals surface area (Å²) in [6.07, 6.45) is 4.09. The van der Waals surface area contributed by atoms with E-state index in [0.717, 1.165) is 42.4 Å². The topological polar surface area (TPSA) is 70.2 Å². The van der Waals surface area contributed by atoms with Crippen molar-refractivity contribution in [3.8, 4) is 0 Å². The van der Waals surface area contributed by atoms with Crippen LogP contribution in [0.5, 0.6) is 0 Å². The van der Waals surface area contributed by atoms with E-state index in [1.54, 1.807) is 6.07 Å². The summed E-state index contributed by atoms with van der Waals surface area (Å²) in [7, 11) is 3.99. The molecule has 1 amide bonds. The third-order valence-corrected chi connectivity index (χ3v) is 7.13. The Morgan fingerprint density at radius 2 is 1.90 bits per heavy atom. The third kappa shape index (κ3) is 5.22. The maximum absolute atomic E-state index is 12.3. The van der Waals surface area contributed by atoms with E-state index in [9.17, 15) is 4.79 Å². The fraction of sp³-hybridized carbons (Fsp3) is 0.409. The molecule has 0 unspecified atom stereocenters. The van der Waals surface area contributed by atoms with Gasteiger partial charge in [-0.05, 0) is 49.8 Å². The molecule has 0 radical (unpaired) electrons. The Hall–Kier alpha value is -2.09. The summed E-state index contributed by atoms with van der Waals surface area (Å²) in [6.45, 7) is 0.645. The monoisotopic (exact) mass is 477 g/mol. The zero-order valence-corrected chi connectivity index (χ0v) is 19.8. The molecule has 3 aromatic rings. The van der Waals surface area contributed by atoms with Gasteiger partial charge >= 0.3 is 0 Å². The van der Waals surface area contributed by atoms with Crippen molar-refractivity contribution in [3.63, 3.8) is 0 Å². The highest BCUT2D eigenvalue weighted by atomic mass is 35.5. The minimum atomic E-state index is -0.158. The van der Waals surface area contributed by atoms with E-state index in [1.807, 2.05) is 43.3 Å². The number of benzene rings is 1. The third-order valence-electron chi connectivity index (χ3n) is 5.64. The Kier molecular flexibility index (Phi) is 6.84. The molecule has 1 aliphatic rings. The lowest BCUT2D eigenvalue weighted by Gasteiger charge is -2.29. The summed E-state index contributed by atoms with van der Waals surface area (Å²) in [5, 5.41) is 7.57. The number of nitrogens with zero attached hydrogens (tertiary/aromatic N) is 3. The van der Waals surface area contributed by atoms with Crippen molar-refractivity contribution >= 4 is 63.1 Å². The average Bonchev–Trinajstić information content (AvgIpc) is 3.10. The first-order valence-electron chi connectivity index (χ1n) is 10.3. The smallest absolute Gasteiger partial charge is 0.253 e. The van der Waals surface area contributed by atoms with Crippen LogP contribution in [0, 0.1) is 5.92 Å². The van der Waals surface area contributed by atoms with Crippen LogP contribution in [0.25, 0.3) is 10.9 Å². The van der Waals surface area contributed by atoms with E-state index in [1.165, 1.54) is 11.3 Å². The quantitative estimate of drug-likeness (QED) is 0.492. The van der Waals surface area contributed by atoms with Crippen molar-refractivity contribution in [2.45, 2.75) is 31.7 Å². The van der Waals surface area contributed by atoms with Gasteiger partial charge in [-0.25, -0.2) is 4.98 Å². The van der Waals surface area contributed by atoms with E-state index in [0.29, 0.717) is 38.7 Å². The number of para-hydroxylation sites is 1. The summed E-state index contributed by atoms with van der Waals surface area (Å²) >= 11 is 13.2. The average molecular weight is 478 g/mol. The van der Waals surface area contributed by atoms with Crippen LogP contribution < -0.4 is 15.5 Å². The number of amides is 1. The van der Waals surface area contributed by atoms with Crippen LogP contribution in [-0.4, -0.2) is 42.6 Å². The summed E-state index contributed by atoms with van der Waals surface area (Å²) in [5.41, 5.74) is 1.39. The second-order valence-corrected chi connectivity index (χ2v) is 10.4. The van der Waals surface area contributed by atoms with Gasteiger partial charge in [-0.15, -0.1) is 11.3 Å². The molecule has 0 aliphatic heterocycles. The van der Waals surface area contributed by atoms with Gasteiger partial charge in [0.15, 0.2) is 0 Å².